The molecule has 0 radical (unpaired) electrons. The highest BCUT2D eigenvalue weighted by Gasteiger charge is 2.11. The van der Waals surface area contributed by atoms with E-state index in [0.29, 0.717) is 22.8 Å². The summed E-state index contributed by atoms with van der Waals surface area (Å²) in [5.41, 5.74) is 0.758. The molecule has 2 heterocycles. The van der Waals surface area contributed by atoms with E-state index < -0.39 is 11.5 Å². The standard InChI is InChI=1S/C13H12ClN3O2/c1-2-16-12(18)8-3-4-11(17-13(8)19)9-7-15-6-5-10(9)14/h3-7H,2H2,1H3,(H,16,18)(H,17,19). The molecule has 98 valence electrons. The first-order chi connectivity index (χ1) is 9.13. The smallest absolute Gasteiger partial charge is 0.261 e. The molecule has 2 aromatic heterocycles. The normalized spacial score (nSPS) is 10.2. The minimum absolute atomic E-state index is 0.0746. The summed E-state index contributed by atoms with van der Waals surface area (Å²) in [6.07, 6.45) is 3.12. The molecule has 5 nitrogen and oxygen atoms in total. The molecule has 0 aliphatic carbocycles. The second-order valence-electron chi connectivity index (χ2n) is 3.83. The van der Waals surface area contributed by atoms with Crippen molar-refractivity contribution in [1.82, 2.24) is 15.3 Å². The third-order valence-electron chi connectivity index (χ3n) is 2.55. The van der Waals surface area contributed by atoms with Gasteiger partial charge >= 0.3 is 0 Å². The second kappa shape index (κ2) is 5.67. The maximum Gasteiger partial charge on any atom is 0.261 e. The van der Waals surface area contributed by atoms with Crippen molar-refractivity contribution in [2.24, 2.45) is 0 Å². The monoisotopic (exact) mass is 277 g/mol. The van der Waals surface area contributed by atoms with Gasteiger partial charge in [-0.25, -0.2) is 0 Å². The van der Waals surface area contributed by atoms with Gasteiger partial charge in [0, 0.05) is 24.5 Å². The lowest BCUT2D eigenvalue weighted by molar-refractivity contribution is 0.0954. The zero-order valence-corrected chi connectivity index (χ0v) is 11.0. The highest BCUT2D eigenvalue weighted by atomic mass is 35.5. The first-order valence-electron chi connectivity index (χ1n) is 5.75. The molecule has 0 fully saturated rings. The third-order valence-corrected chi connectivity index (χ3v) is 2.88. The summed E-state index contributed by atoms with van der Waals surface area (Å²) in [5.74, 6) is -0.396. The molecule has 6 heteroatoms. The van der Waals surface area contributed by atoms with E-state index in [1.807, 2.05) is 0 Å². The Morgan fingerprint density at radius 1 is 1.42 bits per heavy atom. The van der Waals surface area contributed by atoms with Crippen molar-refractivity contribution >= 4 is 17.5 Å². The summed E-state index contributed by atoms with van der Waals surface area (Å²) in [5, 5.41) is 3.06. The Bertz CT molecular complexity index is 667. The minimum Gasteiger partial charge on any atom is -0.352 e. The second-order valence-corrected chi connectivity index (χ2v) is 4.24. The minimum atomic E-state index is -0.455. The molecule has 0 aromatic carbocycles. The molecule has 0 saturated carbocycles. The summed E-state index contributed by atoms with van der Waals surface area (Å²) in [4.78, 5) is 30.1. The molecule has 0 aliphatic heterocycles. The zero-order chi connectivity index (χ0) is 13.8. The van der Waals surface area contributed by atoms with Gasteiger partial charge in [-0.15, -0.1) is 0 Å². The number of amides is 1. The fourth-order valence-corrected chi connectivity index (χ4v) is 1.85. The summed E-state index contributed by atoms with van der Waals surface area (Å²) in [7, 11) is 0. The van der Waals surface area contributed by atoms with Crippen molar-refractivity contribution in [2.75, 3.05) is 6.54 Å². The van der Waals surface area contributed by atoms with E-state index in [-0.39, 0.29) is 5.56 Å². The van der Waals surface area contributed by atoms with E-state index in [1.165, 1.54) is 6.07 Å². The van der Waals surface area contributed by atoms with Crippen LogP contribution >= 0.6 is 11.6 Å². The highest BCUT2D eigenvalue weighted by Crippen LogP contribution is 2.23. The number of hydrogen-bond donors (Lipinski definition) is 2. The van der Waals surface area contributed by atoms with Crippen LogP contribution in [0.5, 0.6) is 0 Å². The third kappa shape index (κ3) is 2.82. The first-order valence-corrected chi connectivity index (χ1v) is 6.12. The molecule has 0 unspecified atom stereocenters. The number of carbonyl (C=O) groups is 1. The van der Waals surface area contributed by atoms with Gasteiger partial charge in [-0.2, -0.15) is 0 Å². The number of halogens is 1. The van der Waals surface area contributed by atoms with Crippen LogP contribution in [-0.4, -0.2) is 22.4 Å². The molecule has 19 heavy (non-hydrogen) atoms. The van der Waals surface area contributed by atoms with Crippen LogP contribution in [0.4, 0.5) is 0 Å². The van der Waals surface area contributed by atoms with Gasteiger partial charge in [0.2, 0.25) is 0 Å². The van der Waals surface area contributed by atoms with E-state index in [9.17, 15) is 9.59 Å². The van der Waals surface area contributed by atoms with E-state index in [0.717, 1.165) is 0 Å². The fraction of sp³-hybridized carbons (Fsp3) is 0.154. The van der Waals surface area contributed by atoms with E-state index in [1.54, 1.807) is 31.5 Å². The summed E-state index contributed by atoms with van der Waals surface area (Å²) in [6.45, 7) is 2.25. The SMILES string of the molecule is CCNC(=O)c1ccc(-c2cnccc2Cl)[nH]c1=O. The summed E-state index contributed by atoms with van der Waals surface area (Å²) in [6, 6.07) is 4.74. The van der Waals surface area contributed by atoms with Crippen molar-refractivity contribution in [3.8, 4) is 11.3 Å². The lowest BCUT2D eigenvalue weighted by atomic mass is 10.1. The van der Waals surface area contributed by atoms with Crippen LogP contribution in [0, 0.1) is 0 Å². The number of hydrogen-bond acceptors (Lipinski definition) is 3. The van der Waals surface area contributed by atoms with Crippen LogP contribution in [0.15, 0.2) is 35.4 Å². The highest BCUT2D eigenvalue weighted by molar-refractivity contribution is 6.33. The van der Waals surface area contributed by atoms with Crippen molar-refractivity contribution in [2.45, 2.75) is 6.92 Å². The number of nitrogens with one attached hydrogen (secondary N) is 2. The molecule has 0 saturated heterocycles. The Morgan fingerprint density at radius 3 is 2.84 bits per heavy atom. The van der Waals surface area contributed by atoms with E-state index >= 15 is 0 Å². The average molecular weight is 278 g/mol. The van der Waals surface area contributed by atoms with Crippen LogP contribution < -0.4 is 10.9 Å². The van der Waals surface area contributed by atoms with Crippen LogP contribution in [0.2, 0.25) is 5.02 Å². The van der Waals surface area contributed by atoms with Crippen molar-refractivity contribution in [3.05, 3.63) is 51.5 Å². The number of rotatable bonds is 3. The number of aromatic nitrogens is 2. The quantitative estimate of drug-likeness (QED) is 0.899. The predicted molar refractivity (Wildman–Crippen MR) is 73.3 cm³/mol. The molecule has 0 bridgehead atoms. The maximum atomic E-state index is 11.9. The Balaban J connectivity index is 2.43. The molecular formula is C13H12ClN3O2. The molecule has 0 atom stereocenters. The van der Waals surface area contributed by atoms with Gasteiger partial charge < -0.3 is 10.3 Å². The van der Waals surface area contributed by atoms with Gasteiger partial charge in [0.15, 0.2) is 0 Å². The van der Waals surface area contributed by atoms with Crippen LogP contribution in [-0.2, 0) is 0 Å². The van der Waals surface area contributed by atoms with Crippen molar-refractivity contribution in [3.63, 3.8) is 0 Å². The average Bonchev–Trinajstić information content (AvgIpc) is 2.39. The number of pyridine rings is 2. The number of H-pyrrole nitrogens is 1. The maximum absolute atomic E-state index is 11.9. The van der Waals surface area contributed by atoms with E-state index in [4.69, 9.17) is 11.6 Å². The Kier molecular flexibility index (Phi) is 3.97. The lowest BCUT2D eigenvalue weighted by Crippen LogP contribution is -2.29. The molecule has 2 N–H and O–H groups in total. The summed E-state index contributed by atoms with van der Waals surface area (Å²) < 4.78 is 0. The summed E-state index contributed by atoms with van der Waals surface area (Å²) >= 11 is 6.02. The van der Waals surface area contributed by atoms with Crippen LogP contribution in [0.25, 0.3) is 11.3 Å². The van der Waals surface area contributed by atoms with Gasteiger partial charge in [0.25, 0.3) is 11.5 Å². The van der Waals surface area contributed by atoms with Gasteiger partial charge in [0.1, 0.15) is 5.56 Å². The lowest BCUT2D eigenvalue weighted by Gasteiger charge is -2.05. The molecule has 0 aliphatic rings. The van der Waals surface area contributed by atoms with Gasteiger partial charge in [-0.1, -0.05) is 11.6 Å². The van der Waals surface area contributed by atoms with Gasteiger partial charge in [-0.05, 0) is 25.1 Å². The van der Waals surface area contributed by atoms with Crippen molar-refractivity contribution < 1.29 is 4.79 Å². The largest absolute Gasteiger partial charge is 0.352 e. The Hall–Kier alpha value is -2.14. The number of aromatic amines is 1. The molecule has 2 aromatic rings. The predicted octanol–water partition coefficient (Wildman–Crippen LogP) is 1.84. The van der Waals surface area contributed by atoms with Crippen LogP contribution in [0.3, 0.4) is 0 Å². The Labute approximate surface area is 114 Å². The molecule has 2 rings (SSSR count). The topological polar surface area (TPSA) is 74.8 Å². The number of carbonyl (C=O) groups excluding carboxylic acids is 1. The van der Waals surface area contributed by atoms with Gasteiger partial charge in [-0.3, -0.25) is 14.6 Å². The molecule has 0 spiro atoms. The number of nitrogens with zero attached hydrogens (tertiary/aromatic N) is 1. The van der Waals surface area contributed by atoms with Gasteiger partial charge in [0.05, 0.1) is 10.7 Å². The van der Waals surface area contributed by atoms with E-state index in [2.05, 4.69) is 15.3 Å². The molecule has 1 amide bonds. The zero-order valence-electron chi connectivity index (χ0n) is 10.2. The first kappa shape index (κ1) is 13.3. The Morgan fingerprint density at radius 2 is 2.21 bits per heavy atom. The van der Waals surface area contributed by atoms with Crippen LogP contribution in [0.1, 0.15) is 17.3 Å². The van der Waals surface area contributed by atoms with Crippen molar-refractivity contribution in [1.29, 1.82) is 0 Å². The molecular weight excluding hydrogens is 266 g/mol. The fourth-order valence-electron chi connectivity index (χ4n) is 1.64.